The molecule has 0 saturated heterocycles. The molecular weight excluding hydrogens is 432 g/mol. The number of nitrogens with zero attached hydrogens (tertiary/aromatic N) is 2. The second-order valence-corrected chi connectivity index (χ2v) is 9.06. The lowest BCUT2D eigenvalue weighted by molar-refractivity contribution is 1.000. The van der Waals surface area contributed by atoms with Gasteiger partial charge < -0.3 is 0 Å². The van der Waals surface area contributed by atoms with Gasteiger partial charge in [-0.15, -0.1) is 11.3 Å². The Balaban J connectivity index is 0.000000771. The molecule has 1 aliphatic rings. The number of hydrogen-bond donors (Lipinski definition) is 0. The van der Waals surface area contributed by atoms with E-state index in [1.54, 1.807) is 11.3 Å². The van der Waals surface area contributed by atoms with Crippen molar-refractivity contribution in [1.82, 2.24) is 9.97 Å². The largest absolute Gasteiger partial charge is 0.232 e. The van der Waals surface area contributed by atoms with E-state index in [9.17, 15) is 0 Å². The molecule has 0 radical (unpaired) electrons. The minimum Gasteiger partial charge on any atom is -0.232 e. The maximum atomic E-state index is 4.99. The monoisotopic (exact) mass is 468 g/mol. The number of allylic oxidation sites excluding steroid dienone is 2. The Hall–Kier alpha value is -3.04. The molecule has 2 aromatic heterocycles. The first-order valence-electron chi connectivity index (χ1n) is 12.4. The summed E-state index contributed by atoms with van der Waals surface area (Å²) in [5, 5.41) is 0. The van der Waals surface area contributed by atoms with E-state index in [0.717, 1.165) is 35.4 Å². The van der Waals surface area contributed by atoms with Crippen LogP contribution in [0.3, 0.4) is 0 Å². The van der Waals surface area contributed by atoms with E-state index in [1.807, 2.05) is 27.7 Å². The predicted molar refractivity (Wildman–Crippen MR) is 152 cm³/mol. The molecule has 0 fully saturated rings. The number of hydrogen-bond acceptors (Lipinski definition) is 3. The molecule has 176 valence electrons. The molecule has 1 aliphatic carbocycles. The highest BCUT2D eigenvalue weighted by Crippen LogP contribution is 2.35. The van der Waals surface area contributed by atoms with Crippen LogP contribution in [0.5, 0.6) is 0 Å². The second-order valence-electron chi connectivity index (χ2n) is 7.83. The maximum Gasteiger partial charge on any atom is 0.160 e. The van der Waals surface area contributed by atoms with E-state index >= 15 is 0 Å². The molecule has 0 saturated carbocycles. The van der Waals surface area contributed by atoms with Gasteiger partial charge in [-0.1, -0.05) is 88.4 Å². The molecule has 2 heterocycles. The smallest absolute Gasteiger partial charge is 0.160 e. The van der Waals surface area contributed by atoms with Crippen LogP contribution in [0.4, 0.5) is 0 Å². The van der Waals surface area contributed by atoms with Crippen LogP contribution in [0.1, 0.15) is 73.9 Å². The Kier molecular flexibility index (Phi) is 8.95. The molecule has 34 heavy (non-hydrogen) atoms. The third-order valence-electron chi connectivity index (χ3n) is 5.80. The van der Waals surface area contributed by atoms with E-state index in [-0.39, 0.29) is 0 Å². The van der Waals surface area contributed by atoms with Crippen molar-refractivity contribution in [3.63, 3.8) is 0 Å². The molecule has 0 amide bonds. The average molecular weight is 469 g/mol. The Morgan fingerprint density at radius 3 is 2.29 bits per heavy atom. The van der Waals surface area contributed by atoms with Crippen molar-refractivity contribution in [2.75, 3.05) is 0 Å². The van der Waals surface area contributed by atoms with Crippen LogP contribution in [0, 0.1) is 13.8 Å². The highest BCUT2D eigenvalue weighted by molar-refractivity contribution is 7.19. The summed E-state index contributed by atoms with van der Waals surface area (Å²) >= 11 is 1.79. The van der Waals surface area contributed by atoms with Gasteiger partial charge >= 0.3 is 0 Å². The van der Waals surface area contributed by atoms with Crippen LogP contribution in [0.2, 0.25) is 0 Å². The van der Waals surface area contributed by atoms with Gasteiger partial charge in [0.2, 0.25) is 0 Å². The van der Waals surface area contributed by atoms with Crippen molar-refractivity contribution in [3.8, 4) is 11.4 Å². The quantitative estimate of drug-likeness (QED) is 0.299. The Morgan fingerprint density at radius 2 is 1.59 bits per heavy atom. The zero-order valence-electron chi connectivity index (χ0n) is 21.6. The van der Waals surface area contributed by atoms with Gasteiger partial charge in [-0.25, -0.2) is 9.97 Å². The molecule has 2 nitrogen and oxygen atoms in total. The Bertz CT molecular complexity index is 1310. The highest BCUT2D eigenvalue weighted by Gasteiger charge is 2.16. The van der Waals surface area contributed by atoms with Gasteiger partial charge in [0.05, 0.1) is 15.9 Å². The summed E-state index contributed by atoms with van der Waals surface area (Å²) in [6.45, 7) is 14.3. The van der Waals surface area contributed by atoms with Crippen LogP contribution >= 0.6 is 11.3 Å². The fourth-order valence-corrected chi connectivity index (χ4v) is 5.27. The lowest BCUT2D eigenvalue weighted by Crippen LogP contribution is -2.00. The van der Waals surface area contributed by atoms with Crippen molar-refractivity contribution >= 4 is 39.3 Å². The number of benzene rings is 2. The van der Waals surface area contributed by atoms with Crippen LogP contribution in [-0.4, -0.2) is 9.97 Å². The standard InChI is InChI=1S/C27H24N2S.2C2H6/c1-4-8-24-18(3)30-26-17(2)28-27(29-25(24)26)23-14-13-21-15-20(11-12-22(21)16-23)19-9-6-5-7-10-19;2*1-2/h4-10,13-16H,11-12H2,1-3H3;2*1-2H3/b8-4-;;. The fourth-order valence-electron chi connectivity index (χ4n) is 4.25. The van der Waals surface area contributed by atoms with E-state index in [2.05, 4.69) is 87.5 Å². The van der Waals surface area contributed by atoms with Crippen molar-refractivity contribution in [1.29, 1.82) is 0 Å². The van der Waals surface area contributed by atoms with Crippen LogP contribution in [0.15, 0.2) is 54.6 Å². The maximum absolute atomic E-state index is 4.99. The first-order valence-corrected chi connectivity index (χ1v) is 13.3. The van der Waals surface area contributed by atoms with Gasteiger partial charge in [0.1, 0.15) is 0 Å². The fraction of sp³-hybridized carbons (Fsp3) is 0.290. The lowest BCUT2D eigenvalue weighted by atomic mass is 9.88. The minimum atomic E-state index is 0.823. The molecule has 4 aromatic rings. The van der Waals surface area contributed by atoms with Gasteiger partial charge in [0, 0.05) is 16.0 Å². The zero-order valence-corrected chi connectivity index (χ0v) is 22.4. The summed E-state index contributed by atoms with van der Waals surface area (Å²) in [6, 6.07) is 17.4. The number of fused-ring (bicyclic) bond motifs is 2. The van der Waals surface area contributed by atoms with Crippen molar-refractivity contribution in [2.45, 2.75) is 61.3 Å². The van der Waals surface area contributed by atoms with Gasteiger partial charge in [-0.05, 0) is 61.9 Å². The van der Waals surface area contributed by atoms with Gasteiger partial charge in [-0.3, -0.25) is 0 Å². The van der Waals surface area contributed by atoms with Gasteiger partial charge in [0.15, 0.2) is 5.82 Å². The highest BCUT2D eigenvalue weighted by atomic mass is 32.1. The summed E-state index contributed by atoms with van der Waals surface area (Å²) in [5.41, 5.74) is 9.87. The van der Waals surface area contributed by atoms with E-state index < -0.39 is 0 Å². The molecule has 0 atom stereocenters. The predicted octanol–water partition coefficient (Wildman–Crippen LogP) is 9.55. The van der Waals surface area contributed by atoms with Gasteiger partial charge in [0.25, 0.3) is 0 Å². The number of aromatic nitrogens is 2. The molecule has 0 spiro atoms. The Labute approximate surface area is 209 Å². The summed E-state index contributed by atoms with van der Waals surface area (Å²) in [7, 11) is 0. The van der Waals surface area contributed by atoms with Crippen LogP contribution in [-0.2, 0) is 6.42 Å². The summed E-state index contributed by atoms with van der Waals surface area (Å²) in [4.78, 5) is 11.1. The molecule has 0 bridgehead atoms. The molecule has 0 unspecified atom stereocenters. The summed E-state index contributed by atoms with van der Waals surface area (Å²) < 4.78 is 1.19. The third kappa shape index (κ3) is 5.20. The number of aryl methyl sites for hydroxylation is 3. The number of rotatable bonds is 3. The Morgan fingerprint density at radius 1 is 0.853 bits per heavy atom. The van der Waals surface area contributed by atoms with Crippen LogP contribution in [0.25, 0.3) is 39.3 Å². The first-order chi connectivity index (χ1) is 16.6. The topological polar surface area (TPSA) is 25.8 Å². The van der Waals surface area contributed by atoms with E-state index in [4.69, 9.17) is 9.97 Å². The van der Waals surface area contributed by atoms with E-state index in [1.165, 1.54) is 37.4 Å². The normalized spacial score (nSPS) is 12.4. The van der Waals surface area contributed by atoms with Crippen molar-refractivity contribution < 1.29 is 0 Å². The third-order valence-corrected chi connectivity index (χ3v) is 7.02. The number of thiophene rings is 1. The van der Waals surface area contributed by atoms with E-state index in [0.29, 0.717) is 0 Å². The minimum absolute atomic E-state index is 0.823. The second kappa shape index (κ2) is 11.9. The molecule has 2 aromatic carbocycles. The molecular formula is C31H36N2S. The molecule has 3 heteroatoms. The average Bonchev–Trinajstić information content (AvgIpc) is 3.22. The SMILES string of the molecule is C/C=C\c1c(C)sc2c(C)nc(-c3ccc4c(c3)CCC(c3ccccc3)=C4)nc12.CC.CC. The van der Waals surface area contributed by atoms with Gasteiger partial charge in [-0.2, -0.15) is 0 Å². The van der Waals surface area contributed by atoms with Crippen LogP contribution < -0.4 is 0 Å². The van der Waals surface area contributed by atoms with Crippen molar-refractivity contribution in [3.05, 3.63) is 87.4 Å². The zero-order chi connectivity index (χ0) is 24.7. The summed E-state index contributed by atoms with van der Waals surface area (Å²) in [6.07, 6.45) is 8.69. The first kappa shape index (κ1) is 25.6. The lowest BCUT2D eigenvalue weighted by Gasteiger charge is -2.18. The molecule has 0 aliphatic heterocycles. The molecule has 0 N–H and O–H groups in total. The summed E-state index contributed by atoms with van der Waals surface area (Å²) in [5.74, 6) is 0.823. The molecule has 5 rings (SSSR count). The van der Waals surface area contributed by atoms with Crippen molar-refractivity contribution in [2.24, 2.45) is 0 Å².